The first-order valence-electron chi connectivity index (χ1n) is 3.12. The Balaban J connectivity index is 2.49. The number of hydrogen-bond acceptors (Lipinski definition) is 2. The SMILES string of the molecule is CC1CCOC1C(N)=O. The van der Waals surface area contributed by atoms with Crippen molar-refractivity contribution in [1.29, 1.82) is 0 Å². The normalized spacial score (nSPS) is 34.8. The highest BCUT2D eigenvalue weighted by molar-refractivity contribution is 5.79. The van der Waals surface area contributed by atoms with Crippen LogP contribution in [0, 0.1) is 5.92 Å². The van der Waals surface area contributed by atoms with Gasteiger partial charge in [0, 0.05) is 6.61 Å². The van der Waals surface area contributed by atoms with E-state index in [1.807, 2.05) is 6.92 Å². The Morgan fingerprint density at radius 2 is 2.44 bits per heavy atom. The van der Waals surface area contributed by atoms with Gasteiger partial charge in [0.15, 0.2) is 0 Å². The van der Waals surface area contributed by atoms with Crippen LogP contribution >= 0.6 is 0 Å². The van der Waals surface area contributed by atoms with Gasteiger partial charge in [-0.1, -0.05) is 6.92 Å². The third kappa shape index (κ3) is 1.21. The van der Waals surface area contributed by atoms with Crippen molar-refractivity contribution in [2.24, 2.45) is 11.7 Å². The van der Waals surface area contributed by atoms with Crippen LogP contribution in [-0.4, -0.2) is 18.6 Å². The Morgan fingerprint density at radius 1 is 1.78 bits per heavy atom. The summed E-state index contributed by atoms with van der Waals surface area (Å²) in [5, 5.41) is 0. The zero-order valence-electron chi connectivity index (χ0n) is 5.46. The second kappa shape index (κ2) is 2.35. The molecular weight excluding hydrogens is 118 g/mol. The Morgan fingerprint density at radius 3 is 2.67 bits per heavy atom. The van der Waals surface area contributed by atoms with Crippen LogP contribution in [0.15, 0.2) is 0 Å². The number of rotatable bonds is 1. The molecular formula is C6H11NO2. The first kappa shape index (κ1) is 6.55. The Bertz CT molecular complexity index is 124. The number of carbonyl (C=O) groups is 1. The van der Waals surface area contributed by atoms with Crippen LogP contribution in [0.1, 0.15) is 13.3 Å². The number of carbonyl (C=O) groups excluding carboxylic acids is 1. The lowest BCUT2D eigenvalue weighted by atomic mass is 10.0. The molecule has 0 radical (unpaired) electrons. The molecule has 0 aromatic heterocycles. The Labute approximate surface area is 54.2 Å². The standard InChI is InChI=1S/C6H11NO2/c1-4-2-3-9-5(4)6(7)8/h4-5H,2-3H2,1H3,(H2,7,8). The van der Waals surface area contributed by atoms with E-state index in [4.69, 9.17) is 10.5 Å². The second-order valence-corrected chi connectivity index (χ2v) is 2.46. The molecule has 2 atom stereocenters. The highest BCUT2D eigenvalue weighted by Crippen LogP contribution is 2.18. The van der Waals surface area contributed by atoms with E-state index in [-0.39, 0.29) is 12.0 Å². The summed E-state index contributed by atoms with van der Waals surface area (Å²) in [7, 11) is 0. The largest absolute Gasteiger partial charge is 0.368 e. The predicted molar refractivity (Wildman–Crippen MR) is 32.7 cm³/mol. The molecule has 0 aromatic carbocycles. The van der Waals surface area contributed by atoms with Crippen LogP contribution < -0.4 is 5.73 Å². The van der Waals surface area contributed by atoms with Crippen molar-refractivity contribution >= 4 is 5.91 Å². The molecule has 1 saturated heterocycles. The van der Waals surface area contributed by atoms with Crippen molar-refractivity contribution in [1.82, 2.24) is 0 Å². The van der Waals surface area contributed by atoms with Gasteiger partial charge in [-0.25, -0.2) is 0 Å². The van der Waals surface area contributed by atoms with E-state index in [0.29, 0.717) is 12.5 Å². The zero-order chi connectivity index (χ0) is 6.85. The summed E-state index contributed by atoms with van der Waals surface area (Å²) in [5.41, 5.74) is 5.02. The fourth-order valence-electron chi connectivity index (χ4n) is 1.06. The van der Waals surface area contributed by atoms with E-state index >= 15 is 0 Å². The summed E-state index contributed by atoms with van der Waals surface area (Å²) in [4.78, 5) is 10.5. The van der Waals surface area contributed by atoms with Crippen LogP contribution in [0.3, 0.4) is 0 Å². The zero-order valence-corrected chi connectivity index (χ0v) is 5.46. The summed E-state index contributed by atoms with van der Waals surface area (Å²) in [6, 6.07) is 0. The highest BCUT2D eigenvalue weighted by atomic mass is 16.5. The number of hydrogen-bond donors (Lipinski definition) is 1. The molecule has 0 aromatic rings. The lowest BCUT2D eigenvalue weighted by Crippen LogP contribution is -2.31. The molecule has 1 fully saturated rings. The van der Waals surface area contributed by atoms with Gasteiger partial charge in [0.05, 0.1) is 0 Å². The second-order valence-electron chi connectivity index (χ2n) is 2.46. The molecule has 0 bridgehead atoms. The molecule has 0 saturated carbocycles. The van der Waals surface area contributed by atoms with Crippen LogP contribution in [0.5, 0.6) is 0 Å². The molecule has 0 spiro atoms. The van der Waals surface area contributed by atoms with Crippen LogP contribution in [-0.2, 0) is 9.53 Å². The highest BCUT2D eigenvalue weighted by Gasteiger charge is 2.28. The predicted octanol–water partition coefficient (Wildman–Crippen LogP) is -0.103. The summed E-state index contributed by atoms with van der Waals surface area (Å²) in [5.74, 6) is -0.0255. The van der Waals surface area contributed by atoms with E-state index in [0.717, 1.165) is 6.42 Å². The minimum atomic E-state index is -0.333. The molecule has 2 unspecified atom stereocenters. The number of ether oxygens (including phenoxy) is 1. The van der Waals surface area contributed by atoms with Crippen molar-refractivity contribution in [2.45, 2.75) is 19.4 Å². The summed E-state index contributed by atoms with van der Waals surface area (Å²) < 4.78 is 5.05. The maximum absolute atomic E-state index is 10.5. The van der Waals surface area contributed by atoms with Gasteiger partial charge >= 0.3 is 0 Å². The van der Waals surface area contributed by atoms with Gasteiger partial charge in [-0.05, 0) is 12.3 Å². The maximum atomic E-state index is 10.5. The lowest BCUT2D eigenvalue weighted by Gasteiger charge is -2.07. The fraction of sp³-hybridized carbons (Fsp3) is 0.833. The summed E-state index contributed by atoms with van der Waals surface area (Å²) in [6.45, 7) is 2.65. The van der Waals surface area contributed by atoms with Crippen molar-refractivity contribution in [3.05, 3.63) is 0 Å². The minimum Gasteiger partial charge on any atom is -0.368 e. The molecule has 1 heterocycles. The minimum absolute atomic E-state index is 0.308. The van der Waals surface area contributed by atoms with Gasteiger partial charge in [0.1, 0.15) is 6.10 Å². The number of primary amides is 1. The van der Waals surface area contributed by atoms with Crippen molar-refractivity contribution in [2.75, 3.05) is 6.61 Å². The molecule has 9 heavy (non-hydrogen) atoms. The average Bonchev–Trinajstić information content (AvgIpc) is 2.13. The third-order valence-electron chi connectivity index (χ3n) is 1.67. The average molecular weight is 129 g/mol. The smallest absolute Gasteiger partial charge is 0.246 e. The molecule has 1 aliphatic heterocycles. The third-order valence-corrected chi connectivity index (χ3v) is 1.67. The molecule has 1 rings (SSSR count). The molecule has 3 nitrogen and oxygen atoms in total. The topological polar surface area (TPSA) is 52.3 Å². The fourth-order valence-corrected chi connectivity index (χ4v) is 1.06. The van der Waals surface area contributed by atoms with E-state index in [2.05, 4.69) is 0 Å². The van der Waals surface area contributed by atoms with Gasteiger partial charge in [-0.2, -0.15) is 0 Å². The van der Waals surface area contributed by atoms with Crippen LogP contribution in [0.2, 0.25) is 0 Å². The first-order chi connectivity index (χ1) is 4.22. The van der Waals surface area contributed by atoms with Gasteiger partial charge in [-0.15, -0.1) is 0 Å². The number of amides is 1. The van der Waals surface area contributed by atoms with E-state index < -0.39 is 0 Å². The Kier molecular flexibility index (Phi) is 1.71. The first-order valence-corrected chi connectivity index (χ1v) is 3.12. The number of nitrogens with two attached hydrogens (primary N) is 1. The molecule has 1 aliphatic rings. The molecule has 2 N–H and O–H groups in total. The van der Waals surface area contributed by atoms with E-state index in [1.165, 1.54) is 0 Å². The molecule has 3 heteroatoms. The van der Waals surface area contributed by atoms with E-state index in [9.17, 15) is 4.79 Å². The molecule has 1 amide bonds. The summed E-state index contributed by atoms with van der Waals surface area (Å²) >= 11 is 0. The van der Waals surface area contributed by atoms with Crippen molar-refractivity contribution < 1.29 is 9.53 Å². The quantitative estimate of drug-likeness (QED) is 0.537. The summed E-state index contributed by atoms with van der Waals surface area (Å²) in [6.07, 6.45) is 0.623. The van der Waals surface area contributed by atoms with Gasteiger partial charge in [-0.3, -0.25) is 4.79 Å². The Hall–Kier alpha value is -0.570. The van der Waals surface area contributed by atoms with Gasteiger partial charge < -0.3 is 10.5 Å². The monoisotopic (exact) mass is 129 g/mol. The van der Waals surface area contributed by atoms with Crippen molar-refractivity contribution in [3.8, 4) is 0 Å². The van der Waals surface area contributed by atoms with Crippen LogP contribution in [0.4, 0.5) is 0 Å². The molecule has 52 valence electrons. The van der Waals surface area contributed by atoms with Gasteiger partial charge in [0.2, 0.25) is 5.91 Å². The molecule has 0 aliphatic carbocycles. The lowest BCUT2D eigenvalue weighted by molar-refractivity contribution is -0.128. The maximum Gasteiger partial charge on any atom is 0.246 e. The van der Waals surface area contributed by atoms with Gasteiger partial charge in [0.25, 0.3) is 0 Å². The van der Waals surface area contributed by atoms with Crippen molar-refractivity contribution in [3.63, 3.8) is 0 Å². The van der Waals surface area contributed by atoms with Crippen LogP contribution in [0.25, 0.3) is 0 Å². The van der Waals surface area contributed by atoms with E-state index in [1.54, 1.807) is 0 Å².